The number of thioether (sulfide) groups is 1. The van der Waals surface area contributed by atoms with Crippen molar-refractivity contribution in [1.29, 1.82) is 0 Å². The van der Waals surface area contributed by atoms with Crippen molar-refractivity contribution in [3.05, 3.63) is 30.3 Å². The minimum atomic E-state index is 0.176. The minimum Gasteiger partial charge on any atom is -0.355 e. The standard InChI is InChI=1S/C15H22N2OS/c1-16-11-5-8-14(18)17-12-15(9-10-15)19-13-6-3-2-4-7-13/h2-4,6-7,16H,5,8-12H2,1H3,(H,17,18). The highest BCUT2D eigenvalue weighted by Gasteiger charge is 2.43. The number of hydrogen-bond donors (Lipinski definition) is 2. The number of carbonyl (C=O) groups is 1. The Hall–Kier alpha value is -1.00. The van der Waals surface area contributed by atoms with Gasteiger partial charge in [0.15, 0.2) is 0 Å². The summed E-state index contributed by atoms with van der Waals surface area (Å²) in [6.07, 6.45) is 3.92. The lowest BCUT2D eigenvalue weighted by Crippen LogP contribution is -2.32. The van der Waals surface area contributed by atoms with Crippen LogP contribution in [0.5, 0.6) is 0 Å². The molecule has 0 bridgehead atoms. The fraction of sp³-hybridized carbons (Fsp3) is 0.533. The summed E-state index contributed by atoms with van der Waals surface area (Å²) in [6, 6.07) is 10.4. The molecule has 1 aromatic rings. The number of nitrogens with one attached hydrogen (secondary N) is 2. The first-order valence-corrected chi connectivity index (χ1v) is 7.71. The van der Waals surface area contributed by atoms with Crippen LogP contribution >= 0.6 is 11.8 Å². The Balaban J connectivity index is 1.72. The molecular weight excluding hydrogens is 256 g/mol. The van der Waals surface area contributed by atoms with E-state index in [1.807, 2.05) is 24.9 Å². The Morgan fingerprint density at radius 3 is 2.68 bits per heavy atom. The van der Waals surface area contributed by atoms with Crippen LogP contribution < -0.4 is 10.6 Å². The van der Waals surface area contributed by atoms with Gasteiger partial charge >= 0.3 is 0 Å². The summed E-state index contributed by atoms with van der Waals surface area (Å²) in [7, 11) is 1.91. The summed E-state index contributed by atoms with van der Waals surface area (Å²) in [5.41, 5.74) is 0. The molecule has 1 amide bonds. The van der Waals surface area contributed by atoms with E-state index in [2.05, 4.69) is 34.9 Å². The van der Waals surface area contributed by atoms with Crippen LogP contribution in [0.3, 0.4) is 0 Å². The molecule has 3 nitrogen and oxygen atoms in total. The maximum Gasteiger partial charge on any atom is 0.220 e. The molecule has 1 aliphatic rings. The minimum absolute atomic E-state index is 0.176. The van der Waals surface area contributed by atoms with Gasteiger partial charge in [-0.15, -0.1) is 11.8 Å². The second kappa shape index (κ2) is 6.96. The van der Waals surface area contributed by atoms with E-state index >= 15 is 0 Å². The molecule has 0 unspecified atom stereocenters. The molecule has 0 heterocycles. The van der Waals surface area contributed by atoms with Crippen LogP contribution in [0.25, 0.3) is 0 Å². The maximum absolute atomic E-state index is 11.7. The Morgan fingerprint density at radius 1 is 1.32 bits per heavy atom. The first-order valence-electron chi connectivity index (χ1n) is 6.89. The van der Waals surface area contributed by atoms with Crippen molar-refractivity contribution in [2.24, 2.45) is 0 Å². The Labute approximate surface area is 119 Å². The van der Waals surface area contributed by atoms with Gasteiger partial charge in [-0.25, -0.2) is 0 Å². The maximum atomic E-state index is 11.7. The largest absolute Gasteiger partial charge is 0.355 e. The van der Waals surface area contributed by atoms with E-state index in [9.17, 15) is 4.79 Å². The first-order chi connectivity index (χ1) is 9.24. The summed E-state index contributed by atoms with van der Waals surface area (Å²) in [4.78, 5) is 13.0. The molecule has 1 aromatic carbocycles. The molecule has 0 saturated heterocycles. The Bertz CT molecular complexity index is 404. The molecule has 2 N–H and O–H groups in total. The molecule has 1 fully saturated rings. The van der Waals surface area contributed by atoms with Crippen molar-refractivity contribution in [3.8, 4) is 0 Å². The number of rotatable bonds is 8. The second-order valence-electron chi connectivity index (χ2n) is 5.08. The lowest BCUT2D eigenvalue weighted by atomic mass is 10.3. The highest BCUT2D eigenvalue weighted by Crippen LogP contribution is 2.51. The molecule has 104 valence electrons. The van der Waals surface area contributed by atoms with E-state index in [0.29, 0.717) is 6.42 Å². The van der Waals surface area contributed by atoms with Gasteiger partial charge in [-0.3, -0.25) is 4.79 Å². The smallest absolute Gasteiger partial charge is 0.220 e. The van der Waals surface area contributed by atoms with Gasteiger partial charge in [0.25, 0.3) is 0 Å². The molecule has 19 heavy (non-hydrogen) atoms. The molecule has 0 radical (unpaired) electrons. The van der Waals surface area contributed by atoms with Crippen molar-refractivity contribution in [3.63, 3.8) is 0 Å². The van der Waals surface area contributed by atoms with Crippen molar-refractivity contribution in [1.82, 2.24) is 10.6 Å². The molecule has 0 atom stereocenters. The van der Waals surface area contributed by atoms with Gasteiger partial charge in [-0.2, -0.15) is 0 Å². The van der Waals surface area contributed by atoms with Crippen molar-refractivity contribution in [2.75, 3.05) is 20.1 Å². The third kappa shape index (κ3) is 4.88. The van der Waals surface area contributed by atoms with Gasteiger partial charge in [-0.05, 0) is 45.0 Å². The van der Waals surface area contributed by atoms with E-state index < -0.39 is 0 Å². The fourth-order valence-corrected chi connectivity index (χ4v) is 3.21. The van der Waals surface area contributed by atoms with Crippen LogP contribution in [0.1, 0.15) is 25.7 Å². The summed E-state index contributed by atoms with van der Waals surface area (Å²) in [6.45, 7) is 1.70. The predicted octanol–water partition coefficient (Wildman–Crippen LogP) is 2.43. The summed E-state index contributed by atoms with van der Waals surface area (Å²) in [5, 5.41) is 6.13. The predicted molar refractivity (Wildman–Crippen MR) is 80.4 cm³/mol. The fourth-order valence-electron chi connectivity index (χ4n) is 1.97. The van der Waals surface area contributed by atoms with Crippen molar-refractivity contribution >= 4 is 17.7 Å². The lowest BCUT2D eigenvalue weighted by molar-refractivity contribution is -0.121. The zero-order valence-corrected chi connectivity index (χ0v) is 12.3. The van der Waals surface area contributed by atoms with E-state index in [1.54, 1.807) is 0 Å². The van der Waals surface area contributed by atoms with Crippen molar-refractivity contribution < 1.29 is 4.79 Å². The molecule has 1 aliphatic carbocycles. The third-order valence-electron chi connectivity index (χ3n) is 3.32. The summed E-state index contributed by atoms with van der Waals surface area (Å²) in [5.74, 6) is 0.176. The van der Waals surface area contributed by atoms with E-state index in [4.69, 9.17) is 0 Å². The van der Waals surface area contributed by atoms with Crippen molar-refractivity contribution in [2.45, 2.75) is 35.3 Å². The van der Waals surface area contributed by atoms with Gasteiger partial charge in [0, 0.05) is 22.6 Å². The first kappa shape index (κ1) is 14.4. The SMILES string of the molecule is CNCCCC(=O)NCC1(Sc2ccccc2)CC1. The topological polar surface area (TPSA) is 41.1 Å². The number of hydrogen-bond acceptors (Lipinski definition) is 3. The molecule has 0 aromatic heterocycles. The Morgan fingerprint density at radius 2 is 2.05 bits per heavy atom. The summed E-state index contributed by atoms with van der Waals surface area (Å²) < 4.78 is 0.250. The monoisotopic (exact) mass is 278 g/mol. The van der Waals surface area contributed by atoms with Gasteiger partial charge < -0.3 is 10.6 Å². The zero-order valence-electron chi connectivity index (χ0n) is 11.4. The van der Waals surface area contributed by atoms with E-state index in [1.165, 1.54) is 17.7 Å². The van der Waals surface area contributed by atoms with Crippen LogP contribution in [-0.2, 0) is 4.79 Å². The van der Waals surface area contributed by atoms with Gasteiger partial charge in [-0.1, -0.05) is 18.2 Å². The zero-order chi connectivity index (χ0) is 13.6. The molecule has 4 heteroatoms. The van der Waals surface area contributed by atoms with Crippen LogP contribution in [0.4, 0.5) is 0 Å². The van der Waals surface area contributed by atoms with Crippen LogP contribution in [0, 0.1) is 0 Å². The normalized spacial score (nSPS) is 16.1. The Kier molecular flexibility index (Phi) is 5.28. The highest BCUT2D eigenvalue weighted by molar-refractivity contribution is 8.01. The van der Waals surface area contributed by atoms with Crippen LogP contribution in [-0.4, -0.2) is 30.8 Å². The quantitative estimate of drug-likeness (QED) is 0.718. The molecule has 0 spiro atoms. The molecule has 0 aliphatic heterocycles. The third-order valence-corrected chi connectivity index (χ3v) is 4.82. The lowest BCUT2D eigenvalue weighted by Gasteiger charge is -2.15. The second-order valence-corrected chi connectivity index (χ2v) is 6.62. The molecule has 2 rings (SSSR count). The molecular formula is C15H22N2OS. The highest BCUT2D eigenvalue weighted by atomic mass is 32.2. The van der Waals surface area contributed by atoms with Crippen LogP contribution in [0.15, 0.2) is 35.2 Å². The molecule has 1 saturated carbocycles. The van der Waals surface area contributed by atoms with Gasteiger partial charge in [0.05, 0.1) is 0 Å². The summed E-state index contributed by atoms with van der Waals surface area (Å²) >= 11 is 1.90. The van der Waals surface area contributed by atoms with E-state index in [0.717, 1.165) is 19.5 Å². The average molecular weight is 278 g/mol. The average Bonchev–Trinajstić information content (AvgIpc) is 3.18. The van der Waals surface area contributed by atoms with E-state index in [-0.39, 0.29) is 10.7 Å². The number of benzene rings is 1. The number of carbonyl (C=O) groups excluding carboxylic acids is 1. The number of amides is 1. The van der Waals surface area contributed by atoms with Crippen LogP contribution in [0.2, 0.25) is 0 Å². The van der Waals surface area contributed by atoms with Gasteiger partial charge in [0.1, 0.15) is 0 Å². The van der Waals surface area contributed by atoms with Gasteiger partial charge in [0.2, 0.25) is 5.91 Å².